The molecule has 0 heterocycles. The van der Waals surface area contributed by atoms with E-state index in [4.69, 9.17) is 0 Å². The van der Waals surface area contributed by atoms with Crippen LogP contribution in [0.5, 0.6) is 0 Å². The first-order valence-electron chi connectivity index (χ1n) is 7.39. The molecule has 1 amide bonds. The number of hydrogen-bond acceptors (Lipinski definition) is 4. The third-order valence-corrected chi connectivity index (χ3v) is 3.60. The number of rotatable bonds is 9. The van der Waals surface area contributed by atoms with Gasteiger partial charge in [0, 0.05) is 45.8 Å². The molecule has 122 valence electrons. The Hall–Kier alpha value is -2.08. The van der Waals surface area contributed by atoms with E-state index < -0.39 is 12.0 Å². The normalized spacial score (nSPS) is 12.0. The van der Waals surface area contributed by atoms with Gasteiger partial charge in [-0.2, -0.15) is 0 Å². The zero-order valence-corrected chi connectivity index (χ0v) is 13.5. The van der Waals surface area contributed by atoms with Gasteiger partial charge in [-0.15, -0.1) is 0 Å². The molecule has 6 heteroatoms. The molecule has 0 aromatic heterocycles. The maximum atomic E-state index is 11.2. The van der Waals surface area contributed by atoms with Crippen LogP contribution in [0.4, 0.5) is 5.69 Å². The van der Waals surface area contributed by atoms with E-state index >= 15 is 0 Å². The maximum absolute atomic E-state index is 11.2. The predicted octanol–water partition coefficient (Wildman–Crippen LogP) is 1.03. The second-order valence-corrected chi connectivity index (χ2v) is 5.29. The zero-order chi connectivity index (χ0) is 16.5. The molecular formula is C16H25N3O3. The molecule has 6 nitrogen and oxygen atoms in total. The van der Waals surface area contributed by atoms with Crippen molar-refractivity contribution in [3.05, 3.63) is 30.3 Å². The second kappa shape index (κ2) is 9.04. The lowest BCUT2D eigenvalue weighted by Crippen LogP contribution is -2.46. The van der Waals surface area contributed by atoms with E-state index in [1.165, 1.54) is 6.92 Å². The fourth-order valence-electron chi connectivity index (χ4n) is 2.12. The Labute approximate surface area is 131 Å². The summed E-state index contributed by atoms with van der Waals surface area (Å²) < 4.78 is 0. The molecular weight excluding hydrogens is 282 g/mol. The smallest absolute Gasteiger partial charge is 0.320 e. The van der Waals surface area contributed by atoms with Crippen LogP contribution < -0.4 is 10.2 Å². The summed E-state index contributed by atoms with van der Waals surface area (Å²) in [4.78, 5) is 26.1. The Morgan fingerprint density at radius 3 is 2.36 bits per heavy atom. The lowest BCUT2D eigenvalue weighted by molar-refractivity contribution is -0.142. The van der Waals surface area contributed by atoms with Gasteiger partial charge in [-0.05, 0) is 19.1 Å². The molecule has 0 aliphatic rings. The van der Waals surface area contributed by atoms with E-state index in [-0.39, 0.29) is 5.91 Å². The Morgan fingerprint density at radius 2 is 1.82 bits per heavy atom. The molecule has 0 saturated heterocycles. The summed E-state index contributed by atoms with van der Waals surface area (Å²) in [6.45, 7) is 5.39. The monoisotopic (exact) mass is 307 g/mol. The van der Waals surface area contributed by atoms with Gasteiger partial charge in [-0.1, -0.05) is 18.2 Å². The fraction of sp³-hybridized carbons (Fsp3) is 0.500. The molecule has 2 N–H and O–H groups in total. The molecule has 1 atom stereocenters. The standard InChI is InChI=1S/C16H25N3O3/c1-13(16(21)22)19(10-9-17-14(2)20)12-11-18(3)15-7-5-4-6-8-15/h4-8,13H,9-12H2,1-3H3,(H,17,20)(H,21,22). The second-order valence-electron chi connectivity index (χ2n) is 5.29. The number of carbonyl (C=O) groups excluding carboxylic acids is 1. The largest absolute Gasteiger partial charge is 0.480 e. The van der Waals surface area contributed by atoms with Gasteiger partial charge in [-0.25, -0.2) is 0 Å². The highest BCUT2D eigenvalue weighted by atomic mass is 16.4. The molecule has 1 unspecified atom stereocenters. The number of para-hydroxylation sites is 1. The first kappa shape index (κ1) is 18.0. The predicted molar refractivity (Wildman–Crippen MR) is 87.1 cm³/mol. The first-order valence-corrected chi connectivity index (χ1v) is 7.39. The summed E-state index contributed by atoms with van der Waals surface area (Å²) in [5, 5.41) is 11.9. The maximum Gasteiger partial charge on any atom is 0.320 e. The summed E-state index contributed by atoms with van der Waals surface area (Å²) in [5.74, 6) is -0.963. The van der Waals surface area contributed by atoms with Crippen molar-refractivity contribution >= 4 is 17.6 Å². The van der Waals surface area contributed by atoms with Crippen LogP contribution in [0.3, 0.4) is 0 Å². The Balaban J connectivity index is 2.56. The van der Waals surface area contributed by atoms with E-state index in [2.05, 4.69) is 10.2 Å². The number of aliphatic carboxylic acids is 1. The van der Waals surface area contributed by atoms with Gasteiger partial charge in [0.2, 0.25) is 5.91 Å². The minimum atomic E-state index is -0.856. The minimum absolute atomic E-state index is 0.107. The van der Waals surface area contributed by atoms with Crippen LogP contribution in [0.15, 0.2) is 30.3 Å². The fourth-order valence-corrected chi connectivity index (χ4v) is 2.12. The van der Waals surface area contributed by atoms with Crippen molar-refractivity contribution in [1.82, 2.24) is 10.2 Å². The number of carboxylic acid groups (broad SMARTS) is 1. The topological polar surface area (TPSA) is 72.9 Å². The Kier molecular flexibility index (Phi) is 7.39. The highest BCUT2D eigenvalue weighted by Crippen LogP contribution is 2.11. The zero-order valence-electron chi connectivity index (χ0n) is 13.5. The van der Waals surface area contributed by atoms with Crippen molar-refractivity contribution in [2.45, 2.75) is 19.9 Å². The van der Waals surface area contributed by atoms with E-state index in [9.17, 15) is 14.7 Å². The number of hydrogen-bond donors (Lipinski definition) is 2. The van der Waals surface area contributed by atoms with Crippen LogP contribution in [-0.2, 0) is 9.59 Å². The van der Waals surface area contributed by atoms with Gasteiger partial charge in [-0.3, -0.25) is 14.5 Å². The number of amides is 1. The molecule has 0 aliphatic heterocycles. The molecule has 0 bridgehead atoms. The van der Waals surface area contributed by atoms with Gasteiger partial charge in [0.05, 0.1) is 0 Å². The van der Waals surface area contributed by atoms with E-state index in [1.54, 1.807) is 6.92 Å². The summed E-state index contributed by atoms with van der Waals surface area (Å²) in [6, 6.07) is 9.35. The average Bonchev–Trinajstić information content (AvgIpc) is 2.50. The summed E-state index contributed by atoms with van der Waals surface area (Å²) in [7, 11) is 1.98. The molecule has 1 rings (SSSR count). The number of carboxylic acids is 1. The molecule has 0 aliphatic carbocycles. The van der Waals surface area contributed by atoms with Crippen LogP contribution in [0.25, 0.3) is 0 Å². The van der Waals surface area contributed by atoms with E-state index in [1.807, 2.05) is 42.3 Å². The van der Waals surface area contributed by atoms with Gasteiger partial charge in [0.25, 0.3) is 0 Å². The van der Waals surface area contributed by atoms with Crippen molar-refractivity contribution in [3.63, 3.8) is 0 Å². The van der Waals surface area contributed by atoms with Crippen molar-refractivity contribution in [2.24, 2.45) is 0 Å². The van der Waals surface area contributed by atoms with Crippen molar-refractivity contribution in [2.75, 3.05) is 38.1 Å². The number of benzene rings is 1. The summed E-state index contributed by atoms with van der Waals surface area (Å²) in [5.41, 5.74) is 1.09. The molecule has 0 saturated carbocycles. The lowest BCUT2D eigenvalue weighted by atomic mass is 10.2. The molecule has 1 aromatic rings. The van der Waals surface area contributed by atoms with Crippen LogP contribution in [0.1, 0.15) is 13.8 Å². The van der Waals surface area contributed by atoms with Crippen LogP contribution in [0, 0.1) is 0 Å². The summed E-state index contributed by atoms with van der Waals surface area (Å²) in [6.07, 6.45) is 0. The van der Waals surface area contributed by atoms with Crippen LogP contribution in [0.2, 0.25) is 0 Å². The number of likely N-dealkylation sites (N-methyl/N-ethyl adjacent to an activating group) is 1. The highest BCUT2D eigenvalue weighted by molar-refractivity contribution is 5.73. The van der Waals surface area contributed by atoms with Gasteiger partial charge in [0.15, 0.2) is 0 Å². The SMILES string of the molecule is CC(=O)NCCN(CCN(C)c1ccccc1)C(C)C(=O)O. The average molecular weight is 307 g/mol. The van der Waals surface area contributed by atoms with Crippen molar-refractivity contribution in [1.29, 1.82) is 0 Å². The van der Waals surface area contributed by atoms with Crippen LogP contribution >= 0.6 is 0 Å². The highest BCUT2D eigenvalue weighted by Gasteiger charge is 2.20. The number of nitrogens with one attached hydrogen (secondary N) is 1. The molecule has 1 aromatic carbocycles. The third kappa shape index (κ3) is 6.13. The van der Waals surface area contributed by atoms with Gasteiger partial charge < -0.3 is 15.3 Å². The number of nitrogens with zero attached hydrogens (tertiary/aromatic N) is 2. The number of anilines is 1. The van der Waals surface area contributed by atoms with Crippen molar-refractivity contribution < 1.29 is 14.7 Å². The molecule has 22 heavy (non-hydrogen) atoms. The van der Waals surface area contributed by atoms with Gasteiger partial charge >= 0.3 is 5.97 Å². The Morgan fingerprint density at radius 1 is 1.18 bits per heavy atom. The van der Waals surface area contributed by atoms with E-state index in [0.29, 0.717) is 26.2 Å². The molecule has 0 radical (unpaired) electrons. The minimum Gasteiger partial charge on any atom is -0.480 e. The Bertz CT molecular complexity index is 479. The third-order valence-electron chi connectivity index (χ3n) is 3.60. The van der Waals surface area contributed by atoms with Crippen molar-refractivity contribution in [3.8, 4) is 0 Å². The van der Waals surface area contributed by atoms with Gasteiger partial charge in [0.1, 0.15) is 6.04 Å². The lowest BCUT2D eigenvalue weighted by Gasteiger charge is -2.29. The quantitative estimate of drug-likeness (QED) is 0.713. The summed E-state index contributed by atoms with van der Waals surface area (Å²) >= 11 is 0. The molecule has 0 fully saturated rings. The molecule has 0 spiro atoms. The van der Waals surface area contributed by atoms with Crippen LogP contribution in [-0.4, -0.2) is 61.2 Å². The van der Waals surface area contributed by atoms with E-state index in [0.717, 1.165) is 5.69 Å². The first-order chi connectivity index (χ1) is 10.4. The number of carbonyl (C=O) groups is 2.